The Balaban J connectivity index is 2.07. The lowest BCUT2D eigenvalue weighted by molar-refractivity contribution is -0.153. The van der Waals surface area contributed by atoms with Crippen LogP contribution in [0.2, 0.25) is 0 Å². The first-order valence-electron chi connectivity index (χ1n) is 6.79. The van der Waals surface area contributed by atoms with E-state index >= 15 is 0 Å². The molecule has 1 aliphatic heterocycles. The summed E-state index contributed by atoms with van der Waals surface area (Å²) >= 11 is 0. The van der Waals surface area contributed by atoms with Gasteiger partial charge in [-0.25, -0.2) is 4.79 Å². The highest BCUT2D eigenvalue weighted by Gasteiger charge is 2.47. The number of carbonyl (C=O) groups is 1. The molecule has 1 saturated carbocycles. The number of fused-ring (bicyclic) bond motifs is 1. The highest BCUT2D eigenvalue weighted by atomic mass is 16.6. The average Bonchev–Trinajstić information content (AvgIpc) is 2.73. The van der Waals surface area contributed by atoms with Crippen molar-refractivity contribution in [2.45, 2.75) is 52.4 Å². The first kappa shape index (κ1) is 12.9. The van der Waals surface area contributed by atoms with Crippen LogP contribution in [0.4, 0.5) is 0 Å². The number of carbonyl (C=O) groups excluding carboxylic acids is 1. The number of hydrogen-bond donors (Lipinski definition) is 2. The molecule has 0 bridgehead atoms. The van der Waals surface area contributed by atoms with Gasteiger partial charge >= 0.3 is 5.97 Å². The number of aliphatic hydroxyl groups excluding tert-OH is 2. The molecule has 19 heavy (non-hydrogen) atoms. The van der Waals surface area contributed by atoms with E-state index in [9.17, 15) is 15.0 Å². The third kappa shape index (κ3) is 1.85. The number of allylic oxidation sites excluding steroid dienone is 1. The summed E-state index contributed by atoms with van der Waals surface area (Å²) in [5, 5.41) is 20.4. The van der Waals surface area contributed by atoms with Crippen LogP contribution in [0.25, 0.3) is 0 Å². The van der Waals surface area contributed by atoms with Gasteiger partial charge in [0.2, 0.25) is 6.29 Å². The largest absolute Gasteiger partial charge is 0.428 e. The van der Waals surface area contributed by atoms with Crippen LogP contribution >= 0.6 is 0 Å². The number of hydrogen-bond acceptors (Lipinski definition) is 4. The van der Waals surface area contributed by atoms with Gasteiger partial charge in [0.25, 0.3) is 0 Å². The number of cyclic esters (lactones) is 1. The fourth-order valence-corrected chi connectivity index (χ4v) is 3.80. The molecule has 3 aliphatic rings. The second-order valence-corrected chi connectivity index (χ2v) is 6.77. The Morgan fingerprint density at radius 1 is 1.32 bits per heavy atom. The second kappa shape index (κ2) is 3.93. The number of aliphatic hydroxyl groups is 2. The summed E-state index contributed by atoms with van der Waals surface area (Å²) < 4.78 is 4.84. The lowest BCUT2D eigenvalue weighted by Gasteiger charge is -2.23. The normalized spacial score (nSPS) is 37.1. The van der Waals surface area contributed by atoms with Crippen LogP contribution in [0.3, 0.4) is 0 Å². The summed E-state index contributed by atoms with van der Waals surface area (Å²) in [6.45, 7) is 6.40. The first-order chi connectivity index (χ1) is 8.80. The van der Waals surface area contributed by atoms with E-state index < -0.39 is 18.4 Å². The van der Waals surface area contributed by atoms with Gasteiger partial charge in [-0.3, -0.25) is 0 Å². The number of ether oxygens (including phenoxy) is 1. The molecule has 1 heterocycles. The van der Waals surface area contributed by atoms with Crippen molar-refractivity contribution in [1.82, 2.24) is 0 Å². The van der Waals surface area contributed by atoms with E-state index in [1.54, 1.807) is 0 Å². The van der Waals surface area contributed by atoms with Crippen molar-refractivity contribution in [2.75, 3.05) is 0 Å². The fourth-order valence-electron chi connectivity index (χ4n) is 3.80. The van der Waals surface area contributed by atoms with E-state index in [1.807, 2.05) is 6.92 Å². The summed E-state index contributed by atoms with van der Waals surface area (Å²) in [7, 11) is 0. The van der Waals surface area contributed by atoms with Gasteiger partial charge in [0.1, 0.15) is 0 Å². The molecule has 2 N–H and O–H groups in total. The molecule has 0 aromatic heterocycles. The third-order valence-corrected chi connectivity index (χ3v) is 4.66. The van der Waals surface area contributed by atoms with E-state index in [1.165, 1.54) is 5.57 Å². The summed E-state index contributed by atoms with van der Waals surface area (Å²) in [4.78, 5) is 11.7. The second-order valence-electron chi connectivity index (χ2n) is 6.77. The maximum atomic E-state index is 11.7. The molecule has 0 unspecified atom stereocenters. The molecule has 3 rings (SSSR count). The van der Waals surface area contributed by atoms with E-state index in [4.69, 9.17) is 4.74 Å². The Morgan fingerprint density at radius 3 is 2.68 bits per heavy atom. The molecule has 4 nitrogen and oxygen atoms in total. The van der Waals surface area contributed by atoms with E-state index in [0.29, 0.717) is 17.6 Å². The Kier molecular flexibility index (Phi) is 2.67. The van der Waals surface area contributed by atoms with Crippen molar-refractivity contribution < 1.29 is 19.7 Å². The van der Waals surface area contributed by atoms with E-state index in [2.05, 4.69) is 13.8 Å². The van der Waals surface area contributed by atoms with Gasteiger partial charge in [0, 0.05) is 23.5 Å². The molecule has 0 spiro atoms. The van der Waals surface area contributed by atoms with Crippen molar-refractivity contribution in [3.63, 3.8) is 0 Å². The lowest BCUT2D eigenvalue weighted by atomic mass is 9.86. The van der Waals surface area contributed by atoms with Crippen LogP contribution in [0.1, 0.15) is 40.0 Å². The zero-order valence-electron chi connectivity index (χ0n) is 11.6. The molecule has 104 valence electrons. The lowest BCUT2D eigenvalue weighted by Crippen LogP contribution is -2.28. The number of esters is 1. The molecule has 0 aromatic carbocycles. The van der Waals surface area contributed by atoms with Crippen molar-refractivity contribution in [3.8, 4) is 0 Å². The van der Waals surface area contributed by atoms with Crippen LogP contribution < -0.4 is 0 Å². The molecule has 4 heteroatoms. The van der Waals surface area contributed by atoms with Crippen LogP contribution in [0.5, 0.6) is 0 Å². The molecule has 3 atom stereocenters. The summed E-state index contributed by atoms with van der Waals surface area (Å²) in [5.74, 6) is -0.479. The first-order valence-corrected chi connectivity index (χ1v) is 6.79. The minimum absolute atomic E-state index is 0.00616. The summed E-state index contributed by atoms with van der Waals surface area (Å²) in [6.07, 6.45) is 0.244. The van der Waals surface area contributed by atoms with Crippen molar-refractivity contribution in [2.24, 2.45) is 11.3 Å². The smallest absolute Gasteiger partial charge is 0.337 e. The van der Waals surface area contributed by atoms with Crippen LogP contribution in [0, 0.1) is 11.3 Å². The van der Waals surface area contributed by atoms with Crippen molar-refractivity contribution >= 4 is 5.97 Å². The Morgan fingerprint density at radius 2 is 2.00 bits per heavy atom. The summed E-state index contributed by atoms with van der Waals surface area (Å²) in [6, 6.07) is 0. The van der Waals surface area contributed by atoms with Gasteiger partial charge in [-0.15, -0.1) is 0 Å². The van der Waals surface area contributed by atoms with Gasteiger partial charge in [-0.05, 0) is 25.2 Å². The van der Waals surface area contributed by atoms with Crippen LogP contribution in [-0.4, -0.2) is 28.6 Å². The molecular weight excluding hydrogens is 244 g/mol. The quantitative estimate of drug-likeness (QED) is 0.516. The van der Waals surface area contributed by atoms with Gasteiger partial charge in [0.05, 0.1) is 6.10 Å². The molecule has 0 amide bonds. The zero-order valence-corrected chi connectivity index (χ0v) is 11.6. The molecule has 0 radical (unpaired) electrons. The van der Waals surface area contributed by atoms with Gasteiger partial charge in [0.15, 0.2) is 0 Å². The molecular formula is C15H20O4. The third-order valence-electron chi connectivity index (χ3n) is 4.66. The highest BCUT2D eigenvalue weighted by Crippen LogP contribution is 2.51. The predicted octanol–water partition coefficient (Wildman–Crippen LogP) is 1.68. The van der Waals surface area contributed by atoms with Gasteiger partial charge < -0.3 is 14.9 Å². The SMILES string of the molecule is CC1=C2CC(C)(C)C[C@H]2[C@@H](O)C2=C(C1)C(=O)O[C@@H]2O. The monoisotopic (exact) mass is 264 g/mol. The Hall–Kier alpha value is -1.13. The predicted molar refractivity (Wildman–Crippen MR) is 69.0 cm³/mol. The Labute approximate surface area is 112 Å². The molecule has 1 fully saturated rings. The zero-order chi connectivity index (χ0) is 13.9. The van der Waals surface area contributed by atoms with Crippen LogP contribution in [0.15, 0.2) is 22.3 Å². The van der Waals surface area contributed by atoms with Crippen molar-refractivity contribution in [3.05, 3.63) is 22.3 Å². The van der Waals surface area contributed by atoms with E-state index in [-0.39, 0.29) is 11.3 Å². The number of rotatable bonds is 0. The van der Waals surface area contributed by atoms with Crippen molar-refractivity contribution in [1.29, 1.82) is 0 Å². The van der Waals surface area contributed by atoms with Gasteiger partial charge in [-0.2, -0.15) is 0 Å². The highest BCUT2D eigenvalue weighted by molar-refractivity contribution is 5.93. The fraction of sp³-hybridized carbons (Fsp3) is 0.667. The maximum absolute atomic E-state index is 11.7. The topological polar surface area (TPSA) is 66.8 Å². The van der Waals surface area contributed by atoms with Crippen LogP contribution in [-0.2, 0) is 9.53 Å². The molecule has 0 aromatic rings. The average molecular weight is 264 g/mol. The molecule has 2 aliphatic carbocycles. The Bertz CT molecular complexity index is 512. The minimum atomic E-state index is -1.27. The molecule has 0 saturated heterocycles. The van der Waals surface area contributed by atoms with E-state index in [0.717, 1.165) is 18.4 Å². The maximum Gasteiger partial charge on any atom is 0.337 e. The van der Waals surface area contributed by atoms with Gasteiger partial charge in [-0.1, -0.05) is 25.0 Å². The minimum Gasteiger partial charge on any atom is -0.428 e. The standard InChI is InChI=1S/C15H20O4/c1-7-4-8-11(14(18)19-13(8)17)12(16)10-6-15(2,3)5-9(7)10/h10,12,14,16,18H,4-6H2,1-3H3/t10-,12-,14+/m1/s1. The summed E-state index contributed by atoms with van der Waals surface area (Å²) in [5.41, 5.74) is 3.41.